The Morgan fingerprint density at radius 1 is 1.21 bits per heavy atom. The Hall–Kier alpha value is -2.08. The van der Waals surface area contributed by atoms with Crippen LogP contribution in [0.25, 0.3) is 6.08 Å². The summed E-state index contributed by atoms with van der Waals surface area (Å²) >= 11 is 13.3. The van der Waals surface area contributed by atoms with Crippen molar-refractivity contribution in [3.63, 3.8) is 0 Å². The lowest BCUT2D eigenvalue weighted by atomic mass is 9.99. The second kappa shape index (κ2) is 8.95. The molecule has 0 unspecified atom stereocenters. The van der Waals surface area contributed by atoms with Crippen LogP contribution in [0.2, 0.25) is 5.02 Å². The third kappa shape index (κ3) is 4.85. The Kier molecular flexibility index (Phi) is 6.60. The molecule has 3 nitrogen and oxygen atoms in total. The molecule has 0 radical (unpaired) electrons. The van der Waals surface area contributed by atoms with E-state index in [2.05, 4.69) is 0 Å². The lowest BCUT2D eigenvalue weighted by Gasteiger charge is -2.22. The van der Waals surface area contributed by atoms with Crippen LogP contribution in [0.15, 0.2) is 64.3 Å². The minimum atomic E-state index is -0.709. The number of thioether (sulfide) groups is 1. The number of carbonyl (C=O) groups is 1. The number of aliphatic imine (C=N–C) groups is 1. The fraction of sp³-hybridized carbons (Fsp3) is 0.143. The summed E-state index contributed by atoms with van der Waals surface area (Å²) in [4.78, 5) is 16.5. The van der Waals surface area contributed by atoms with Gasteiger partial charge in [0.1, 0.15) is 5.82 Å². The number of rotatable bonds is 3. The zero-order valence-electron chi connectivity index (χ0n) is 15.0. The predicted octanol–water partition coefficient (Wildman–Crippen LogP) is 5.67. The highest BCUT2D eigenvalue weighted by Gasteiger charge is 2.24. The minimum absolute atomic E-state index is 0.00996. The van der Waals surface area contributed by atoms with Gasteiger partial charge in [-0.2, -0.15) is 11.8 Å². The second-order valence-electron chi connectivity index (χ2n) is 6.27. The highest BCUT2D eigenvalue weighted by atomic mass is 35.5. The van der Waals surface area contributed by atoms with E-state index in [9.17, 15) is 9.18 Å². The second-order valence-corrected chi connectivity index (χ2v) is 8.04. The highest BCUT2D eigenvalue weighted by molar-refractivity contribution is 7.99. The highest BCUT2D eigenvalue weighted by Crippen LogP contribution is 2.32. The average Bonchev–Trinajstić information content (AvgIpc) is 2.66. The monoisotopic (exact) mass is 434 g/mol. The minimum Gasteiger partial charge on any atom is -0.394 e. The molecular weight excluding hydrogens is 418 g/mol. The third-order valence-electron chi connectivity index (χ3n) is 4.23. The van der Waals surface area contributed by atoms with Crippen molar-refractivity contribution < 1.29 is 9.18 Å². The van der Waals surface area contributed by atoms with Gasteiger partial charge < -0.3 is 5.73 Å². The van der Waals surface area contributed by atoms with Crippen LogP contribution in [0.4, 0.5) is 10.1 Å². The molecule has 1 aliphatic heterocycles. The molecule has 0 saturated carbocycles. The Labute approximate surface area is 177 Å². The normalized spacial score (nSPS) is 19.1. The van der Waals surface area contributed by atoms with Gasteiger partial charge in [-0.15, -0.1) is 0 Å². The van der Waals surface area contributed by atoms with Crippen molar-refractivity contribution >= 4 is 57.7 Å². The van der Waals surface area contributed by atoms with Gasteiger partial charge in [0.05, 0.1) is 17.1 Å². The summed E-state index contributed by atoms with van der Waals surface area (Å²) < 4.78 is 13.2. The standard InChI is InChI=1S/C21H17Cl2FN2OS/c1-12-8-15(22)4-7-18(12)26-20-14(9-13-2-5-16(24)6-3-13)10-28-11-17(20)19(25)21(23)27/h2-9H,10-11,25H2,1H3/b14-9+,19-17?,26-20?. The molecule has 1 aliphatic rings. The zero-order valence-corrected chi connectivity index (χ0v) is 17.3. The van der Waals surface area contributed by atoms with E-state index >= 15 is 0 Å². The maximum absolute atomic E-state index is 13.2. The molecule has 144 valence electrons. The van der Waals surface area contributed by atoms with Gasteiger partial charge in [-0.05, 0) is 71.6 Å². The third-order valence-corrected chi connectivity index (χ3v) is 5.68. The molecule has 0 atom stereocenters. The number of halogens is 3. The van der Waals surface area contributed by atoms with E-state index in [1.54, 1.807) is 30.0 Å². The molecule has 28 heavy (non-hydrogen) atoms. The molecule has 0 aromatic heterocycles. The maximum Gasteiger partial charge on any atom is 0.268 e. The number of allylic oxidation sites excluding steroid dienone is 1. The van der Waals surface area contributed by atoms with Crippen molar-refractivity contribution in [2.24, 2.45) is 10.7 Å². The molecule has 3 rings (SSSR count). The molecule has 2 N–H and O–H groups in total. The number of carbonyl (C=O) groups excluding carboxylic acids is 1. The first-order chi connectivity index (χ1) is 13.3. The first-order valence-electron chi connectivity index (χ1n) is 8.43. The number of hydrogen-bond acceptors (Lipinski definition) is 4. The van der Waals surface area contributed by atoms with E-state index in [-0.39, 0.29) is 11.5 Å². The number of aryl methyl sites for hydroxylation is 1. The molecule has 1 saturated heterocycles. The first-order valence-corrected chi connectivity index (χ1v) is 10.3. The number of benzene rings is 2. The molecule has 0 bridgehead atoms. The van der Waals surface area contributed by atoms with E-state index in [0.717, 1.165) is 22.4 Å². The Morgan fingerprint density at radius 2 is 1.93 bits per heavy atom. The van der Waals surface area contributed by atoms with Gasteiger partial charge >= 0.3 is 0 Å². The van der Waals surface area contributed by atoms with Crippen LogP contribution in [0.3, 0.4) is 0 Å². The predicted molar refractivity (Wildman–Crippen MR) is 117 cm³/mol. The van der Waals surface area contributed by atoms with E-state index in [4.69, 9.17) is 33.9 Å². The topological polar surface area (TPSA) is 55.4 Å². The van der Waals surface area contributed by atoms with Crippen molar-refractivity contribution in [1.82, 2.24) is 0 Å². The van der Waals surface area contributed by atoms with E-state index in [0.29, 0.717) is 27.8 Å². The van der Waals surface area contributed by atoms with Crippen molar-refractivity contribution in [3.05, 3.63) is 81.3 Å². The van der Waals surface area contributed by atoms with Crippen molar-refractivity contribution in [2.75, 3.05) is 11.5 Å². The largest absolute Gasteiger partial charge is 0.394 e. The van der Waals surface area contributed by atoms with Gasteiger partial charge in [-0.3, -0.25) is 4.79 Å². The summed E-state index contributed by atoms with van der Waals surface area (Å²) in [6.07, 6.45) is 1.92. The van der Waals surface area contributed by atoms with Gasteiger partial charge in [0.25, 0.3) is 5.24 Å². The van der Waals surface area contributed by atoms with Crippen LogP contribution in [-0.2, 0) is 4.79 Å². The Bertz CT molecular complexity index is 1010. The first kappa shape index (κ1) is 20.6. The molecule has 2 aromatic carbocycles. The Balaban J connectivity index is 2.17. The van der Waals surface area contributed by atoms with Crippen LogP contribution in [0, 0.1) is 12.7 Å². The van der Waals surface area contributed by atoms with E-state index in [1.165, 1.54) is 12.1 Å². The van der Waals surface area contributed by atoms with Gasteiger partial charge in [0.2, 0.25) is 0 Å². The van der Waals surface area contributed by atoms with Crippen LogP contribution >= 0.6 is 35.0 Å². The van der Waals surface area contributed by atoms with Gasteiger partial charge in [-0.1, -0.05) is 23.7 Å². The molecule has 0 spiro atoms. The van der Waals surface area contributed by atoms with Crippen molar-refractivity contribution in [1.29, 1.82) is 0 Å². The quantitative estimate of drug-likeness (QED) is 0.499. The fourth-order valence-electron chi connectivity index (χ4n) is 2.79. The maximum atomic E-state index is 13.2. The number of nitrogens with two attached hydrogens (primary N) is 1. The number of hydrogen-bond donors (Lipinski definition) is 1. The van der Waals surface area contributed by atoms with E-state index < -0.39 is 5.24 Å². The van der Waals surface area contributed by atoms with Gasteiger partial charge in [0, 0.05) is 22.1 Å². The summed E-state index contributed by atoms with van der Waals surface area (Å²) in [5.74, 6) is 0.899. The fourth-order valence-corrected chi connectivity index (χ4v) is 4.17. The van der Waals surface area contributed by atoms with Crippen LogP contribution in [0.5, 0.6) is 0 Å². The molecule has 7 heteroatoms. The SMILES string of the molecule is Cc1cc(Cl)ccc1N=C1C(=C(N)C(=O)Cl)CSC/C1=C\c1ccc(F)cc1. The lowest BCUT2D eigenvalue weighted by molar-refractivity contribution is -0.108. The lowest BCUT2D eigenvalue weighted by Crippen LogP contribution is -2.23. The Morgan fingerprint density at radius 3 is 2.57 bits per heavy atom. The summed E-state index contributed by atoms with van der Waals surface area (Å²) in [7, 11) is 0. The van der Waals surface area contributed by atoms with Crippen LogP contribution in [0.1, 0.15) is 11.1 Å². The molecule has 1 fully saturated rings. The zero-order chi connectivity index (χ0) is 20.3. The van der Waals surface area contributed by atoms with Gasteiger partial charge in [0.15, 0.2) is 0 Å². The summed E-state index contributed by atoms with van der Waals surface area (Å²) in [6, 6.07) is 11.6. The smallest absolute Gasteiger partial charge is 0.268 e. The van der Waals surface area contributed by atoms with Crippen LogP contribution < -0.4 is 5.73 Å². The van der Waals surface area contributed by atoms with Crippen molar-refractivity contribution in [3.8, 4) is 0 Å². The van der Waals surface area contributed by atoms with Crippen LogP contribution in [-0.4, -0.2) is 22.5 Å². The number of nitrogens with zero attached hydrogens (tertiary/aromatic N) is 1. The molecule has 0 aliphatic carbocycles. The van der Waals surface area contributed by atoms with Gasteiger partial charge in [-0.25, -0.2) is 9.38 Å². The molecule has 0 amide bonds. The average molecular weight is 435 g/mol. The van der Waals surface area contributed by atoms with Crippen molar-refractivity contribution in [2.45, 2.75) is 6.92 Å². The summed E-state index contributed by atoms with van der Waals surface area (Å²) in [5, 5.41) is -0.0897. The molecule has 1 heterocycles. The molecular formula is C21H17Cl2FN2OS. The van der Waals surface area contributed by atoms with E-state index in [1.807, 2.05) is 25.1 Å². The summed E-state index contributed by atoms with van der Waals surface area (Å²) in [5.41, 5.74) is 10.5. The summed E-state index contributed by atoms with van der Waals surface area (Å²) in [6.45, 7) is 1.91. The molecule has 2 aromatic rings.